The Labute approximate surface area is 119 Å². The molecule has 0 radical (unpaired) electrons. The molecule has 0 aromatic rings. The second-order valence-corrected chi connectivity index (χ2v) is 7.34. The predicted octanol–water partition coefficient (Wildman–Crippen LogP) is 3.56. The minimum atomic E-state index is 0.797. The highest BCUT2D eigenvalue weighted by Crippen LogP contribution is 2.48. The summed E-state index contributed by atoms with van der Waals surface area (Å²) in [7, 11) is 0. The number of piperidine rings is 1. The van der Waals surface area contributed by atoms with Crippen LogP contribution in [0, 0.1) is 5.41 Å². The summed E-state index contributed by atoms with van der Waals surface area (Å²) in [6.45, 7) is 5.18. The van der Waals surface area contributed by atoms with Crippen LogP contribution in [0.2, 0.25) is 0 Å². The molecule has 1 saturated heterocycles. The van der Waals surface area contributed by atoms with Crippen molar-refractivity contribution in [2.45, 2.75) is 76.7 Å². The fourth-order valence-electron chi connectivity index (χ4n) is 4.67. The first kappa shape index (κ1) is 13.9. The molecule has 19 heavy (non-hydrogen) atoms. The summed E-state index contributed by atoms with van der Waals surface area (Å²) >= 11 is 0. The summed E-state index contributed by atoms with van der Waals surface area (Å²) in [5, 5.41) is 3.83. The lowest BCUT2D eigenvalue weighted by Gasteiger charge is -2.38. The van der Waals surface area contributed by atoms with Gasteiger partial charge in [0.25, 0.3) is 0 Å². The van der Waals surface area contributed by atoms with Crippen LogP contribution in [0.5, 0.6) is 0 Å². The SMILES string of the molecule is C1CCN(CCNC2CCC3(CCCC3)CC2)CC1. The van der Waals surface area contributed by atoms with Gasteiger partial charge < -0.3 is 10.2 Å². The van der Waals surface area contributed by atoms with Crippen LogP contribution in [-0.4, -0.2) is 37.1 Å². The first-order chi connectivity index (χ1) is 9.36. The van der Waals surface area contributed by atoms with Gasteiger partial charge in [0.15, 0.2) is 0 Å². The summed E-state index contributed by atoms with van der Waals surface area (Å²) in [5.41, 5.74) is 0.797. The first-order valence-electron chi connectivity index (χ1n) is 8.82. The maximum absolute atomic E-state index is 3.83. The van der Waals surface area contributed by atoms with Crippen molar-refractivity contribution in [3.05, 3.63) is 0 Å². The lowest BCUT2D eigenvalue weighted by molar-refractivity contribution is 0.163. The van der Waals surface area contributed by atoms with E-state index in [9.17, 15) is 0 Å². The molecular weight excluding hydrogens is 232 g/mol. The molecule has 110 valence electrons. The van der Waals surface area contributed by atoms with Crippen molar-refractivity contribution in [3.63, 3.8) is 0 Å². The van der Waals surface area contributed by atoms with Crippen molar-refractivity contribution in [1.82, 2.24) is 10.2 Å². The van der Waals surface area contributed by atoms with Gasteiger partial charge in [0, 0.05) is 19.1 Å². The zero-order valence-corrected chi connectivity index (χ0v) is 12.6. The number of likely N-dealkylation sites (tertiary alicyclic amines) is 1. The quantitative estimate of drug-likeness (QED) is 0.835. The molecular formula is C17H32N2. The lowest BCUT2D eigenvalue weighted by atomic mass is 9.71. The van der Waals surface area contributed by atoms with E-state index in [1.807, 2.05) is 0 Å². The lowest BCUT2D eigenvalue weighted by Crippen LogP contribution is -2.41. The Hall–Kier alpha value is -0.0800. The molecule has 0 aromatic heterocycles. The van der Waals surface area contributed by atoms with Gasteiger partial charge in [-0.3, -0.25) is 0 Å². The minimum Gasteiger partial charge on any atom is -0.313 e. The predicted molar refractivity (Wildman–Crippen MR) is 81.5 cm³/mol. The van der Waals surface area contributed by atoms with Gasteiger partial charge >= 0.3 is 0 Å². The van der Waals surface area contributed by atoms with E-state index in [0.29, 0.717) is 0 Å². The van der Waals surface area contributed by atoms with Crippen LogP contribution in [0.4, 0.5) is 0 Å². The summed E-state index contributed by atoms with van der Waals surface area (Å²) < 4.78 is 0. The van der Waals surface area contributed by atoms with Crippen LogP contribution in [0.1, 0.15) is 70.6 Å². The molecule has 1 heterocycles. The summed E-state index contributed by atoms with van der Waals surface area (Å²) in [4.78, 5) is 2.65. The average molecular weight is 264 g/mol. The Morgan fingerprint density at radius 1 is 0.842 bits per heavy atom. The first-order valence-corrected chi connectivity index (χ1v) is 8.82. The van der Waals surface area contributed by atoms with Crippen LogP contribution in [0.25, 0.3) is 0 Å². The van der Waals surface area contributed by atoms with Crippen LogP contribution in [0.3, 0.4) is 0 Å². The maximum atomic E-state index is 3.83. The molecule has 2 aliphatic carbocycles. The molecule has 1 N–H and O–H groups in total. The van der Waals surface area contributed by atoms with Gasteiger partial charge in [0.1, 0.15) is 0 Å². The molecule has 1 aliphatic heterocycles. The molecule has 0 aromatic carbocycles. The van der Waals surface area contributed by atoms with Crippen LogP contribution >= 0.6 is 0 Å². The molecule has 3 rings (SSSR count). The van der Waals surface area contributed by atoms with Gasteiger partial charge in [0.05, 0.1) is 0 Å². The monoisotopic (exact) mass is 264 g/mol. The van der Waals surface area contributed by atoms with Gasteiger partial charge in [-0.1, -0.05) is 19.3 Å². The van der Waals surface area contributed by atoms with Crippen LogP contribution in [0.15, 0.2) is 0 Å². The fraction of sp³-hybridized carbons (Fsp3) is 1.00. The summed E-state index contributed by atoms with van der Waals surface area (Å²) in [5.74, 6) is 0. The number of nitrogens with zero attached hydrogens (tertiary/aromatic N) is 1. The average Bonchev–Trinajstić information content (AvgIpc) is 2.91. The third-order valence-corrected chi connectivity index (χ3v) is 6.02. The van der Waals surface area contributed by atoms with Crippen molar-refractivity contribution in [3.8, 4) is 0 Å². The third-order valence-electron chi connectivity index (χ3n) is 6.02. The largest absolute Gasteiger partial charge is 0.313 e. The Bertz CT molecular complexity index is 254. The van der Waals surface area contributed by atoms with Gasteiger partial charge in [-0.2, -0.15) is 0 Å². The van der Waals surface area contributed by atoms with Crippen molar-refractivity contribution in [2.24, 2.45) is 5.41 Å². The van der Waals surface area contributed by atoms with Crippen LogP contribution < -0.4 is 5.32 Å². The normalized spacial score (nSPS) is 29.1. The van der Waals surface area contributed by atoms with Gasteiger partial charge in [-0.25, -0.2) is 0 Å². The minimum absolute atomic E-state index is 0.797. The molecule has 2 saturated carbocycles. The van der Waals surface area contributed by atoms with E-state index in [4.69, 9.17) is 0 Å². The number of hydrogen-bond acceptors (Lipinski definition) is 2. The van der Waals surface area contributed by atoms with Crippen molar-refractivity contribution in [1.29, 1.82) is 0 Å². The zero-order chi connectivity index (χ0) is 13.0. The van der Waals surface area contributed by atoms with Crippen molar-refractivity contribution < 1.29 is 0 Å². The molecule has 0 amide bonds. The Balaban J connectivity index is 1.31. The summed E-state index contributed by atoms with van der Waals surface area (Å²) in [6, 6.07) is 0.830. The smallest absolute Gasteiger partial charge is 0.0107 e. The fourth-order valence-corrected chi connectivity index (χ4v) is 4.67. The number of hydrogen-bond donors (Lipinski definition) is 1. The molecule has 3 aliphatic rings. The topological polar surface area (TPSA) is 15.3 Å². The van der Waals surface area contributed by atoms with E-state index in [-0.39, 0.29) is 0 Å². The Morgan fingerprint density at radius 2 is 1.53 bits per heavy atom. The van der Waals surface area contributed by atoms with Gasteiger partial charge in [0.2, 0.25) is 0 Å². The molecule has 2 heteroatoms. The third kappa shape index (κ3) is 3.72. The molecule has 0 bridgehead atoms. The van der Waals surface area contributed by atoms with Crippen molar-refractivity contribution >= 4 is 0 Å². The van der Waals surface area contributed by atoms with Crippen LogP contribution in [-0.2, 0) is 0 Å². The zero-order valence-electron chi connectivity index (χ0n) is 12.6. The highest BCUT2D eigenvalue weighted by Gasteiger charge is 2.37. The molecule has 0 atom stereocenters. The van der Waals surface area contributed by atoms with E-state index >= 15 is 0 Å². The van der Waals surface area contributed by atoms with E-state index < -0.39 is 0 Å². The van der Waals surface area contributed by atoms with Crippen molar-refractivity contribution in [2.75, 3.05) is 26.2 Å². The molecule has 2 nitrogen and oxygen atoms in total. The Kier molecular flexibility index (Phi) is 4.81. The Morgan fingerprint density at radius 3 is 2.21 bits per heavy atom. The molecule has 1 spiro atoms. The van der Waals surface area contributed by atoms with E-state index in [0.717, 1.165) is 11.5 Å². The number of nitrogens with one attached hydrogen (secondary N) is 1. The van der Waals surface area contributed by atoms with E-state index in [1.54, 1.807) is 0 Å². The molecule has 3 fully saturated rings. The second-order valence-electron chi connectivity index (χ2n) is 7.34. The highest BCUT2D eigenvalue weighted by molar-refractivity contribution is 4.91. The maximum Gasteiger partial charge on any atom is 0.0107 e. The number of rotatable bonds is 4. The van der Waals surface area contributed by atoms with E-state index in [2.05, 4.69) is 10.2 Å². The van der Waals surface area contributed by atoms with Gasteiger partial charge in [-0.05, 0) is 69.9 Å². The molecule has 0 unspecified atom stereocenters. The standard InChI is InChI=1S/C17H32N2/c1-4-13-19(14-5-1)15-12-18-16-6-10-17(11-7-16)8-2-3-9-17/h16,18H,1-15H2. The highest BCUT2D eigenvalue weighted by atomic mass is 15.1. The summed E-state index contributed by atoms with van der Waals surface area (Å²) in [6.07, 6.45) is 16.3. The second kappa shape index (κ2) is 6.58. The van der Waals surface area contributed by atoms with Gasteiger partial charge in [-0.15, -0.1) is 0 Å². The van der Waals surface area contributed by atoms with E-state index in [1.165, 1.54) is 96.8 Å².